The zero-order valence-electron chi connectivity index (χ0n) is 28.0. The third-order valence-electron chi connectivity index (χ3n) is 9.56. The molecule has 2 heterocycles. The SMILES string of the molecule is COc1cccc2c1C(C)(C)/C(=C\C1=C(O)C(=C\C3=[N+](CCC(C)C)c4cccc([N+](=O)[O-])c4C3(C)C)/C1=O)N2CCC(C)C. The summed E-state index contributed by atoms with van der Waals surface area (Å²) in [5, 5.41) is 23.5. The van der Waals surface area contributed by atoms with Crippen LogP contribution in [0, 0.1) is 22.0 Å². The number of hydrogen-bond acceptors (Lipinski definition) is 6. The number of rotatable bonds is 10. The van der Waals surface area contributed by atoms with Crippen LogP contribution in [0.4, 0.5) is 17.1 Å². The number of carbonyl (C=O) groups excluding carboxylic acids is 1. The van der Waals surface area contributed by atoms with Gasteiger partial charge in [-0.15, -0.1) is 0 Å². The lowest BCUT2D eigenvalue weighted by Crippen LogP contribution is -2.32. The van der Waals surface area contributed by atoms with Crippen molar-refractivity contribution in [1.82, 2.24) is 0 Å². The molecule has 0 aromatic heterocycles. The van der Waals surface area contributed by atoms with E-state index in [1.165, 1.54) is 6.07 Å². The van der Waals surface area contributed by atoms with Gasteiger partial charge in [0.1, 0.15) is 23.6 Å². The lowest BCUT2D eigenvalue weighted by atomic mass is 9.77. The summed E-state index contributed by atoms with van der Waals surface area (Å²) in [5.74, 6) is 1.41. The van der Waals surface area contributed by atoms with Crippen LogP contribution in [0.1, 0.15) is 79.4 Å². The van der Waals surface area contributed by atoms with E-state index in [0.29, 0.717) is 23.9 Å². The topological polar surface area (TPSA) is 95.9 Å². The number of anilines is 1. The Kier molecular flexibility index (Phi) is 8.32. The highest BCUT2D eigenvalue weighted by molar-refractivity contribution is 6.24. The van der Waals surface area contributed by atoms with E-state index in [-0.39, 0.29) is 33.3 Å². The van der Waals surface area contributed by atoms with Gasteiger partial charge in [-0.1, -0.05) is 47.6 Å². The number of carbonyl (C=O) groups is 1. The van der Waals surface area contributed by atoms with Crippen molar-refractivity contribution in [3.05, 3.63) is 92.4 Å². The Bertz CT molecular complexity index is 1700. The molecule has 0 spiro atoms. The summed E-state index contributed by atoms with van der Waals surface area (Å²) < 4.78 is 7.85. The quantitative estimate of drug-likeness (QED) is 0.126. The highest BCUT2D eigenvalue weighted by atomic mass is 16.6. The maximum Gasteiger partial charge on any atom is 0.280 e. The minimum absolute atomic E-state index is 0.0485. The maximum absolute atomic E-state index is 13.8. The summed E-state index contributed by atoms with van der Waals surface area (Å²) in [7, 11) is 1.67. The van der Waals surface area contributed by atoms with Gasteiger partial charge in [-0.3, -0.25) is 14.9 Å². The van der Waals surface area contributed by atoms with Crippen LogP contribution in [-0.4, -0.2) is 46.3 Å². The van der Waals surface area contributed by atoms with Gasteiger partial charge in [-0.2, -0.15) is 4.58 Å². The number of aliphatic hydroxyl groups excluding tert-OH is 1. The fourth-order valence-corrected chi connectivity index (χ4v) is 7.04. The van der Waals surface area contributed by atoms with Gasteiger partial charge >= 0.3 is 0 Å². The molecule has 8 heteroatoms. The highest BCUT2D eigenvalue weighted by Gasteiger charge is 2.51. The molecule has 8 nitrogen and oxygen atoms in total. The summed E-state index contributed by atoms with van der Waals surface area (Å²) in [6, 6.07) is 11.2. The van der Waals surface area contributed by atoms with Crippen LogP contribution < -0.4 is 9.64 Å². The van der Waals surface area contributed by atoms with Gasteiger partial charge in [-0.05, 0) is 56.4 Å². The number of methoxy groups -OCH3 is 1. The summed E-state index contributed by atoms with van der Waals surface area (Å²) in [6.45, 7) is 18.2. The second-order valence-corrected chi connectivity index (χ2v) is 14.3. The van der Waals surface area contributed by atoms with E-state index >= 15 is 0 Å². The van der Waals surface area contributed by atoms with Crippen molar-refractivity contribution >= 4 is 28.6 Å². The van der Waals surface area contributed by atoms with Gasteiger partial charge in [-0.25, -0.2) is 0 Å². The van der Waals surface area contributed by atoms with Crippen LogP contribution in [0.2, 0.25) is 0 Å². The predicted octanol–water partition coefficient (Wildman–Crippen LogP) is 8.07. The molecule has 2 aromatic rings. The molecule has 1 N–H and O–H groups in total. The molecule has 0 atom stereocenters. The van der Waals surface area contributed by atoms with E-state index in [9.17, 15) is 20.0 Å². The summed E-state index contributed by atoms with van der Waals surface area (Å²) in [6.07, 6.45) is 5.41. The summed E-state index contributed by atoms with van der Waals surface area (Å²) >= 11 is 0. The van der Waals surface area contributed by atoms with E-state index in [1.54, 1.807) is 19.3 Å². The van der Waals surface area contributed by atoms with Gasteiger partial charge in [0.25, 0.3) is 5.69 Å². The number of Topliss-reactive ketones (excluding diaryl/α,β-unsaturated/α-hetero) is 1. The number of ether oxygens (including phenoxy) is 1. The predicted molar refractivity (Wildman–Crippen MR) is 179 cm³/mol. The molecule has 1 aliphatic carbocycles. The van der Waals surface area contributed by atoms with Crippen molar-refractivity contribution in [3.8, 4) is 5.75 Å². The molecular formula is C37H46N3O5+. The second kappa shape index (κ2) is 11.6. The first-order valence-corrected chi connectivity index (χ1v) is 15.9. The van der Waals surface area contributed by atoms with Crippen molar-refractivity contribution < 1.29 is 24.1 Å². The van der Waals surface area contributed by atoms with Gasteiger partial charge in [0, 0.05) is 53.5 Å². The fourth-order valence-electron chi connectivity index (χ4n) is 7.04. The average molecular weight is 613 g/mol. The Hall–Kier alpha value is -4.20. The van der Waals surface area contributed by atoms with Crippen LogP contribution >= 0.6 is 0 Å². The molecule has 2 aliphatic heterocycles. The number of nitro benzene ring substituents is 1. The first-order valence-electron chi connectivity index (χ1n) is 15.9. The molecular weight excluding hydrogens is 566 g/mol. The fraction of sp³-hybridized carbons (Fsp3) is 0.459. The van der Waals surface area contributed by atoms with Crippen LogP contribution in [-0.2, 0) is 15.6 Å². The normalized spacial score (nSPS) is 20.1. The monoisotopic (exact) mass is 612 g/mol. The molecule has 0 saturated carbocycles. The van der Waals surface area contributed by atoms with E-state index in [0.717, 1.165) is 53.5 Å². The number of nitro groups is 1. The minimum Gasteiger partial charge on any atom is -0.506 e. The third kappa shape index (κ3) is 5.28. The van der Waals surface area contributed by atoms with E-state index < -0.39 is 10.8 Å². The minimum atomic E-state index is -0.753. The number of ketones is 1. The Morgan fingerprint density at radius 2 is 1.64 bits per heavy atom. The van der Waals surface area contributed by atoms with Gasteiger partial charge in [0.05, 0.1) is 28.6 Å². The number of hydrogen-bond donors (Lipinski definition) is 1. The van der Waals surface area contributed by atoms with Crippen LogP contribution in [0.3, 0.4) is 0 Å². The first kappa shape index (κ1) is 32.2. The number of benzene rings is 2. The molecule has 5 rings (SSSR count). The van der Waals surface area contributed by atoms with Crippen LogP contribution in [0.15, 0.2) is 71.2 Å². The highest BCUT2D eigenvalue weighted by Crippen LogP contribution is 2.53. The zero-order valence-corrected chi connectivity index (χ0v) is 28.0. The van der Waals surface area contributed by atoms with Crippen molar-refractivity contribution in [2.45, 2.75) is 79.1 Å². The van der Waals surface area contributed by atoms with Crippen molar-refractivity contribution in [2.24, 2.45) is 11.8 Å². The molecule has 0 fully saturated rings. The molecule has 0 saturated heterocycles. The molecule has 0 bridgehead atoms. The molecule has 3 aliphatic rings. The molecule has 238 valence electrons. The summed E-state index contributed by atoms with van der Waals surface area (Å²) in [4.78, 5) is 27.8. The zero-order chi connectivity index (χ0) is 33.0. The Morgan fingerprint density at radius 3 is 2.24 bits per heavy atom. The number of allylic oxidation sites excluding steroid dienone is 5. The standard InChI is InChI=1S/C37H45N3O5/c1-22(2)16-18-38-26-12-10-14-28(40(43)44)32(26)36(5,6)30(38)20-24-34(41)25(35(24)42)21-31-37(7,8)33-27(13-11-15-29(33)45-9)39(31)19-17-23(3)4/h10-15,20-23H,16-19H2,1-9H3/p+1. The average Bonchev–Trinajstić information content (AvgIpc) is 3.34. The Morgan fingerprint density at radius 1 is 0.978 bits per heavy atom. The third-order valence-corrected chi connectivity index (χ3v) is 9.56. The summed E-state index contributed by atoms with van der Waals surface area (Å²) in [5.41, 5.74) is 4.57. The largest absolute Gasteiger partial charge is 0.506 e. The first-order chi connectivity index (χ1) is 21.1. The Balaban J connectivity index is 1.62. The van der Waals surface area contributed by atoms with Gasteiger partial charge in [0.15, 0.2) is 5.71 Å². The van der Waals surface area contributed by atoms with Crippen LogP contribution in [0.5, 0.6) is 5.75 Å². The smallest absolute Gasteiger partial charge is 0.280 e. The Labute approximate surface area is 266 Å². The molecule has 0 amide bonds. The lowest BCUT2D eigenvalue weighted by Gasteiger charge is -2.30. The number of nitrogens with zero attached hydrogens (tertiary/aromatic N) is 3. The van der Waals surface area contributed by atoms with Crippen LogP contribution in [0.25, 0.3) is 0 Å². The number of fused-ring (bicyclic) bond motifs is 2. The van der Waals surface area contributed by atoms with Crippen molar-refractivity contribution in [3.63, 3.8) is 0 Å². The lowest BCUT2D eigenvalue weighted by molar-refractivity contribution is -0.440. The number of aliphatic hydroxyl groups is 1. The van der Waals surface area contributed by atoms with Crippen molar-refractivity contribution in [2.75, 3.05) is 25.1 Å². The maximum atomic E-state index is 13.8. The van der Waals surface area contributed by atoms with Gasteiger partial charge in [0.2, 0.25) is 11.5 Å². The van der Waals surface area contributed by atoms with Gasteiger partial charge < -0.3 is 14.7 Å². The molecule has 2 aromatic carbocycles. The second-order valence-electron chi connectivity index (χ2n) is 14.3. The molecule has 45 heavy (non-hydrogen) atoms. The molecule has 0 radical (unpaired) electrons. The van der Waals surface area contributed by atoms with E-state index in [1.807, 2.05) is 38.1 Å². The van der Waals surface area contributed by atoms with E-state index in [4.69, 9.17) is 4.74 Å². The molecule has 0 unspecified atom stereocenters. The van der Waals surface area contributed by atoms with E-state index in [2.05, 4.69) is 57.1 Å². The van der Waals surface area contributed by atoms with Crippen molar-refractivity contribution in [1.29, 1.82) is 0 Å².